The largest absolute Gasteiger partial charge is 0.457 e. The van der Waals surface area contributed by atoms with Crippen LogP contribution in [-0.2, 0) is 4.79 Å². The first kappa shape index (κ1) is 27.6. The predicted octanol–water partition coefficient (Wildman–Crippen LogP) is 9.10. The van der Waals surface area contributed by atoms with Crippen molar-refractivity contribution >= 4 is 69.3 Å². The number of hydrogen-bond acceptors (Lipinski definition) is 5. The SMILES string of the molecule is CC[C@H](C)c1ccc2oc(-c3ccc(NC(=S)NC(=O)/C=C/c4ccc(-c5cc(Cl)cc(Cl)c5)o4)cc3)nc2c1. The van der Waals surface area contributed by atoms with Gasteiger partial charge in [0, 0.05) is 32.9 Å². The summed E-state index contributed by atoms with van der Waals surface area (Å²) in [5, 5.41) is 6.80. The Kier molecular flexibility index (Phi) is 8.35. The molecule has 1 amide bonds. The van der Waals surface area contributed by atoms with E-state index in [9.17, 15) is 4.79 Å². The van der Waals surface area contributed by atoms with E-state index < -0.39 is 5.91 Å². The van der Waals surface area contributed by atoms with Gasteiger partial charge in [0.05, 0.1) is 0 Å². The van der Waals surface area contributed by atoms with Crippen molar-refractivity contribution in [2.75, 3.05) is 5.32 Å². The number of hydrogen-bond donors (Lipinski definition) is 2. The Hall–Kier alpha value is -3.91. The number of thiocarbonyl (C=S) groups is 1. The van der Waals surface area contributed by atoms with Crippen molar-refractivity contribution in [2.45, 2.75) is 26.2 Å². The van der Waals surface area contributed by atoms with Gasteiger partial charge in [0.1, 0.15) is 17.0 Å². The second-order valence-electron chi connectivity index (χ2n) is 9.27. The van der Waals surface area contributed by atoms with Gasteiger partial charge in [-0.25, -0.2) is 4.98 Å². The summed E-state index contributed by atoms with van der Waals surface area (Å²) in [5.41, 5.74) is 5.13. The number of benzene rings is 3. The van der Waals surface area contributed by atoms with E-state index in [0.29, 0.717) is 39.1 Å². The van der Waals surface area contributed by atoms with Crippen LogP contribution >= 0.6 is 35.4 Å². The van der Waals surface area contributed by atoms with E-state index in [0.717, 1.165) is 28.6 Å². The lowest BCUT2D eigenvalue weighted by atomic mass is 9.98. The monoisotopic (exact) mass is 589 g/mol. The Bertz CT molecular complexity index is 1700. The van der Waals surface area contributed by atoms with Gasteiger partial charge in [-0.05, 0) is 103 Å². The van der Waals surface area contributed by atoms with Gasteiger partial charge in [-0.15, -0.1) is 0 Å². The van der Waals surface area contributed by atoms with E-state index in [4.69, 9.17) is 44.3 Å². The number of anilines is 1. The molecule has 0 saturated heterocycles. The van der Waals surface area contributed by atoms with E-state index in [1.165, 1.54) is 11.6 Å². The molecule has 1 atom stereocenters. The Balaban J connectivity index is 1.17. The molecule has 2 N–H and O–H groups in total. The van der Waals surface area contributed by atoms with Crippen LogP contribution in [0.3, 0.4) is 0 Å². The zero-order chi connectivity index (χ0) is 28.2. The summed E-state index contributed by atoms with van der Waals surface area (Å²) < 4.78 is 11.7. The molecule has 0 spiro atoms. The molecule has 9 heteroatoms. The average molecular weight is 591 g/mol. The number of furan rings is 1. The van der Waals surface area contributed by atoms with Gasteiger partial charge in [0.25, 0.3) is 0 Å². The fourth-order valence-electron chi connectivity index (χ4n) is 4.07. The molecular formula is C31H25Cl2N3O3S. The van der Waals surface area contributed by atoms with Crippen LogP contribution in [0, 0.1) is 0 Å². The second kappa shape index (κ2) is 12.1. The maximum absolute atomic E-state index is 12.4. The highest BCUT2D eigenvalue weighted by molar-refractivity contribution is 7.80. The minimum absolute atomic E-state index is 0.163. The summed E-state index contributed by atoms with van der Waals surface area (Å²) in [6.45, 7) is 4.37. The Labute approximate surface area is 247 Å². The molecule has 3 aromatic carbocycles. The maximum atomic E-state index is 12.4. The molecule has 40 heavy (non-hydrogen) atoms. The van der Waals surface area contributed by atoms with Gasteiger partial charge < -0.3 is 14.2 Å². The van der Waals surface area contributed by atoms with Crippen LogP contribution in [-0.4, -0.2) is 16.0 Å². The molecule has 0 aliphatic carbocycles. The third-order valence-electron chi connectivity index (χ3n) is 6.39. The third-order valence-corrected chi connectivity index (χ3v) is 7.03. The number of carbonyl (C=O) groups is 1. The summed E-state index contributed by atoms with van der Waals surface area (Å²) in [6.07, 6.45) is 3.95. The summed E-state index contributed by atoms with van der Waals surface area (Å²) in [5.74, 6) is 1.68. The van der Waals surface area contributed by atoms with Crippen molar-refractivity contribution in [1.29, 1.82) is 0 Å². The molecule has 6 nitrogen and oxygen atoms in total. The highest BCUT2D eigenvalue weighted by Gasteiger charge is 2.12. The first-order chi connectivity index (χ1) is 19.3. The van der Waals surface area contributed by atoms with E-state index in [-0.39, 0.29) is 5.11 Å². The molecule has 0 saturated carbocycles. The van der Waals surface area contributed by atoms with Gasteiger partial charge in [-0.3, -0.25) is 10.1 Å². The minimum atomic E-state index is -0.402. The summed E-state index contributed by atoms with van der Waals surface area (Å²) in [6, 6.07) is 22.3. The smallest absolute Gasteiger partial charge is 0.250 e. The van der Waals surface area contributed by atoms with Crippen LogP contribution in [0.2, 0.25) is 10.0 Å². The number of aromatic nitrogens is 1. The fraction of sp³-hybridized carbons (Fsp3) is 0.129. The highest BCUT2D eigenvalue weighted by Crippen LogP contribution is 2.30. The van der Waals surface area contributed by atoms with Crippen molar-refractivity contribution in [2.24, 2.45) is 0 Å². The maximum Gasteiger partial charge on any atom is 0.250 e. The summed E-state index contributed by atoms with van der Waals surface area (Å²) >= 11 is 17.4. The first-order valence-corrected chi connectivity index (χ1v) is 13.8. The fourth-order valence-corrected chi connectivity index (χ4v) is 4.82. The zero-order valence-electron chi connectivity index (χ0n) is 21.7. The number of fused-ring (bicyclic) bond motifs is 1. The highest BCUT2D eigenvalue weighted by atomic mass is 35.5. The lowest BCUT2D eigenvalue weighted by molar-refractivity contribution is -0.115. The Morgan fingerprint density at radius 1 is 0.975 bits per heavy atom. The molecular weight excluding hydrogens is 565 g/mol. The summed E-state index contributed by atoms with van der Waals surface area (Å²) in [7, 11) is 0. The topological polar surface area (TPSA) is 80.3 Å². The lowest BCUT2D eigenvalue weighted by Crippen LogP contribution is -2.32. The normalized spacial score (nSPS) is 12.1. The number of oxazole rings is 1. The number of rotatable bonds is 7. The van der Waals surface area contributed by atoms with Crippen molar-refractivity contribution in [3.05, 3.63) is 100 Å². The molecule has 202 valence electrons. The molecule has 5 rings (SSSR count). The van der Waals surface area contributed by atoms with Gasteiger partial charge in [0.15, 0.2) is 10.7 Å². The molecule has 5 aromatic rings. The molecule has 0 unspecified atom stereocenters. The molecule has 2 aromatic heterocycles. The molecule has 0 aliphatic rings. The first-order valence-electron chi connectivity index (χ1n) is 12.6. The van der Waals surface area contributed by atoms with Crippen LogP contribution in [0.5, 0.6) is 0 Å². The van der Waals surface area contributed by atoms with Crippen LogP contribution in [0.1, 0.15) is 37.5 Å². The van der Waals surface area contributed by atoms with Crippen LogP contribution < -0.4 is 10.6 Å². The van der Waals surface area contributed by atoms with E-state index in [1.807, 2.05) is 30.3 Å². The Morgan fingerprint density at radius 3 is 2.45 bits per heavy atom. The van der Waals surface area contributed by atoms with Gasteiger partial charge in [-0.1, -0.05) is 43.1 Å². The van der Waals surface area contributed by atoms with Gasteiger partial charge in [0.2, 0.25) is 11.8 Å². The van der Waals surface area contributed by atoms with Crippen molar-refractivity contribution in [3.63, 3.8) is 0 Å². The number of carbonyl (C=O) groups excluding carboxylic acids is 1. The number of nitrogens with one attached hydrogen (secondary N) is 2. The quantitative estimate of drug-likeness (QED) is 0.145. The van der Waals surface area contributed by atoms with Crippen LogP contribution in [0.4, 0.5) is 5.69 Å². The number of amides is 1. The summed E-state index contributed by atoms with van der Waals surface area (Å²) in [4.78, 5) is 17.0. The van der Waals surface area contributed by atoms with Gasteiger partial charge in [-0.2, -0.15) is 0 Å². The average Bonchev–Trinajstić information content (AvgIpc) is 3.58. The van der Waals surface area contributed by atoms with Crippen molar-refractivity contribution in [1.82, 2.24) is 10.3 Å². The molecule has 0 bridgehead atoms. The number of halogens is 2. The standard InChI is InChI=1S/C31H25Cl2N3O3S/c1-3-18(2)20-6-11-28-26(16-20)35-30(39-28)19-4-7-24(8-5-19)34-31(40)36-29(37)13-10-25-9-12-27(38-25)21-14-22(32)17-23(33)15-21/h4-18H,3H2,1-2H3,(H2,34,36,37,40)/b13-10+/t18-/m0/s1. The van der Waals surface area contributed by atoms with E-state index in [1.54, 1.807) is 36.4 Å². The molecule has 0 aliphatic heterocycles. The molecule has 2 heterocycles. The second-order valence-corrected chi connectivity index (χ2v) is 10.6. The van der Waals surface area contributed by atoms with Crippen LogP contribution in [0.15, 0.2) is 87.7 Å². The molecule has 0 fully saturated rings. The predicted molar refractivity (Wildman–Crippen MR) is 166 cm³/mol. The minimum Gasteiger partial charge on any atom is -0.457 e. The van der Waals surface area contributed by atoms with E-state index in [2.05, 4.69) is 41.6 Å². The lowest BCUT2D eigenvalue weighted by Gasteiger charge is -2.08. The Morgan fingerprint density at radius 2 is 1.73 bits per heavy atom. The third kappa shape index (κ3) is 6.62. The van der Waals surface area contributed by atoms with Gasteiger partial charge >= 0.3 is 0 Å². The van der Waals surface area contributed by atoms with Crippen molar-refractivity contribution in [3.8, 4) is 22.8 Å². The number of nitrogens with zero attached hydrogens (tertiary/aromatic N) is 1. The zero-order valence-corrected chi connectivity index (χ0v) is 24.0. The molecule has 0 radical (unpaired) electrons. The van der Waals surface area contributed by atoms with E-state index >= 15 is 0 Å². The van der Waals surface area contributed by atoms with Crippen molar-refractivity contribution < 1.29 is 13.6 Å². The van der Waals surface area contributed by atoms with Crippen LogP contribution in [0.25, 0.3) is 40.0 Å².